The van der Waals surface area contributed by atoms with E-state index in [2.05, 4.69) is 5.32 Å². The zero-order valence-electron chi connectivity index (χ0n) is 11.1. The molecule has 4 nitrogen and oxygen atoms in total. The number of nitrogens with one attached hydrogen (secondary N) is 1. The number of benzene rings is 2. The molecule has 1 aliphatic heterocycles. The molecular formula is C16H13ClN2O2. The molecule has 5 heteroatoms. The minimum atomic E-state index is -1.40. The Kier molecular flexibility index (Phi) is 3.18. The standard InChI is InChI=1S/C16H13ClN2O2/c17-12-6-7-13-10(8-12)9-16(14(18)20,15(21)19-13)11-4-2-1-3-5-11/h1-8H,9H2,(H2,18,20)(H,19,21). The molecule has 1 aliphatic rings. The molecule has 0 fully saturated rings. The summed E-state index contributed by atoms with van der Waals surface area (Å²) in [4.78, 5) is 24.7. The van der Waals surface area contributed by atoms with E-state index >= 15 is 0 Å². The molecule has 3 N–H and O–H groups in total. The Morgan fingerprint density at radius 2 is 1.90 bits per heavy atom. The van der Waals surface area contributed by atoms with Gasteiger partial charge >= 0.3 is 0 Å². The molecule has 106 valence electrons. The lowest BCUT2D eigenvalue weighted by Crippen LogP contribution is -2.54. The number of carbonyl (C=O) groups is 2. The zero-order valence-corrected chi connectivity index (χ0v) is 11.9. The van der Waals surface area contributed by atoms with Crippen LogP contribution in [0.1, 0.15) is 11.1 Å². The Morgan fingerprint density at radius 3 is 2.57 bits per heavy atom. The van der Waals surface area contributed by atoms with Gasteiger partial charge in [0.25, 0.3) is 0 Å². The molecule has 2 aromatic rings. The minimum Gasteiger partial charge on any atom is -0.368 e. The van der Waals surface area contributed by atoms with Crippen LogP contribution in [0.5, 0.6) is 0 Å². The van der Waals surface area contributed by atoms with Gasteiger partial charge in [-0.15, -0.1) is 0 Å². The van der Waals surface area contributed by atoms with Crippen LogP contribution < -0.4 is 11.1 Å². The van der Waals surface area contributed by atoms with E-state index in [0.29, 0.717) is 16.3 Å². The molecule has 1 heterocycles. The van der Waals surface area contributed by atoms with Gasteiger partial charge in [0.2, 0.25) is 11.8 Å². The molecular weight excluding hydrogens is 288 g/mol. The molecule has 3 rings (SSSR count). The lowest BCUT2D eigenvalue weighted by atomic mass is 9.72. The van der Waals surface area contributed by atoms with Gasteiger partial charge in [0.15, 0.2) is 5.41 Å². The van der Waals surface area contributed by atoms with E-state index in [1.807, 2.05) is 6.07 Å². The lowest BCUT2D eigenvalue weighted by molar-refractivity contribution is -0.133. The van der Waals surface area contributed by atoms with Crippen molar-refractivity contribution in [2.24, 2.45) is 5.73 Å². The molecule has 1 unspecified atom stereocenters. The number of carbonyl (C=O) groups excluding carboxylic acids is 2. The number of hydrogen-bond donors (Lipinski definition) is 2. The first kappa shape index (κ1) is 13.6. The minimum absolute atomic E-state index is 0.202. The first-order valence-electron chi connectivity index (χ1n) is 6.49. The number of fused-ring (bicyclic) bond motifs is 1. The Balaban J connectivity index is 2.18. The maximum absolute atomic E-state index is 12.6. The van der Waals surface area contributed by atoms with E-state index in [4.69, 9.17) is 17.3 Å². The van der Waals surface area contributed by atoms with Crippen molar-refractivity contribution in [3.63, 3.8) is 0 Å². The Bertz CT molecular complexity index is 730. The Morgan fingerprint density at radius 1 is 1.19 bits per heavy atom. The fourth-order valence-electron chi connectivity index (χ4n) is 2.72. The van der Waals surface area contributed by atoms with E-state index in [9.17, 15) is 9.59 Å². The predicted octanol–water partition coefficient (Wildman–Crippen LogP) is 2.26. The number of anilines is 1. The first-order valence-corrected chi connectivity index (χ1v) is 6.87. The van der Waals surface area contributed by atoms with Crippen molar-refractivity contribution < 1.29 is 9.59 Å². The first-order chi connectivity index (χ1) is 10.0. The maximum atomic E-state index is 12.6. The number of hydrogen-bond acceptors (Lipinski definition) is 2. The summed E-state index contributed by atoms with van der Waals surface area (Å²) in [5, 5.41) is 3.31. The van der Waals surface area contributed by atoms with Crippen LogP contribution in [-0.2, 0) is 21.4 Å². The van der Waals surface area contributed by atoms with E-state index < -0.39 is 17.2 Å². The highest BCUT2D eigenvalue weighted by Gasteiger charge is 2.49. The van der Waals surface area contributed by atoms with Crippen molar-refractivity contribution in [1.29, 1.82) is 0 Å². The highest BCUT2D eigenvalue weighted by Crippen LogP contribution is 2.37. The SMILES string of the molecule is NC(=O)C1(c2ccccc2)Cc2cc(Cl)ccc2NC1=O. The molecule has 0 aromatic heterocycles. The van der Waals surface area contributed by atoms with Crippen molar-refractivity contribution in [3.8, 4) is 0 Å². The zero-order chi connectivity index (χ0) is 15.0. The van der Waals surface area contributed by atoms with E-state index in [1.54, 1.807) is 42.5 Å². The van der Waals surface area contributed by atoms with Gasteiger partial charge in [0.1, 0.15) is 0 Å². The number of nitrogens with two attached hydrogens (primary N) is 1. The second-order valence-corrected chi connectivity index (χ2v) is 5.50. The van der Waals surface area contributed by atoms with E-state index in [-0.39, 0.29) is 6.42 Å². The molecule has 2 amide bonds. The van der Waals surface area contributed by atoms with Crippen LogP contribution in [0.25, 0.3) is 0 Å². The molecule has 1 atom stereocenters. The quantitative estimate of drug-likeness (QED) is 0.835. The van der Waals surface area contributed by atoms with Crippen LogP contribution in [0.3, 0.4) is 0 Å². The summed E-state index contributed by atoms with van der Waals surface area (Å²) >= 11 is 6.00. The molecule has 21 heavy (non-hydrogen) atoms. The smallest absolute Gasteiger partial charge is 0.244 e. The van der Waals surface area contributed by atoms with Crippen LogP contribution in [0.15, 0.2) is 48.5 Å². The summed E-state index contributed by atoms with van der Waals surface area (Å²) in [7, 11) is 0. The normalized spacial score (nSPS) is 20.5. The predicted molar refractivity (Wildman–Crippen MR) is 81.1 cm³/mol. The van der Waals surface area contributed by atoms with Crippen LogP contribution in [-0.4, -0.2) is 11.8 Å². The van der Waals surface area contributed by atoms with Crippen LogP contribution >= 0.6 is 11.6 Å². The Hall–Kier alpha value is -2.33. The summed E-state index contributed by atoms with van der Waals surface area (Å²) in [5.41, 5.74) is 6.23. The topological polar surface area (TPSA) is 72.2 Å². The van der Waals surface area contributed by atoms with Gasteiger partial charge in [-0.3, -0.25) is 9.59 Å². The Labute approximate surface area is 126 Å². The van der Waals surface area contributed by atoms with Gasteiger partial charge in [-0.05, 0) is 29.3 Å². The second kappa shape index (κ2) is 4.90. The summed E-state index contributed by atoms with van der Waals surface area (Å²) in [6.45, 7) is 0. The summed E-state index contributed by atoms with van der Waals surface area (Å²) in [5.74, 6) is -1.08. The van der Waals surface area contributed by atoms with Crippen molar-refractivity contribution in [1.82, 2.24) is 0 Å². The van der Waals surface area contributed by atoms with Gasteiger partial charge in [-0.2, -0.15) is 0 Å². The monoisotopic (exact) mass is 300 g/mol. The van der Waals surface area contributed by atoms with Crippen LogP contribution in [0, 0.1) is 0 Å². The van der Waals surface area contributed by atoms with E-state index in [0.717, 1.165) is 5.56 Å². The maximum Gasteiger partial charge on any atom is 0.244 e. The molecule has 0 saturated heterocycles. The van der Waals surface area contributed by atoms with Gasteiger partial charge in [-0.1, -0.05) is 41.9 Å². The fourth-order valence-corrected chi connectivity index (χ4v) is 2.92. The van der Waals surface area contributed by atoms with Crippen molar-refractivity contribution in [2.45, 2.75) is 11.8 Å². The number of halogens is 1. The van der Waals surface area contributed by atoms with Crippen LogP contribution in [0.2, 0.25) is 5.02 Å². The number of primary amides is 1. The number of rotatable bonds is 2. The second-order valence-electron chi connectivity index (χ2n) is 5.07. The van der Waals surface area contributed by atoms with Crippen molar-refractivity contribution >= 4 is 29.1 Å². The highest BCUT2D eigenvalue weighted by molar-refractivity contribution is 6.31. The highest BCUT2D eigenvalue weighted by atomic mass is 35.5. The molecule has 0 radical (unpaired) electrons. The third-order valence-corrected chi connectivity index (χ3v) is 4.08. The average Bonchev–Trinajstić information content (AvgIpc) is 2.47. The van der Waals surface area contributed by atoms with Gasteiger partial charge in [0.05, 0.1) is 0 Å². The van der Waals surface area contributed by atoms with E-state index in [1.165, 1.54) is 0 Å². The van der Waals surface area contributed by atoms with Crippen molar-refractivity contribution in [3.05, 3.63) is 64.7 Å². The molecule has 2 aromatic carbocycles. The van der Waals surface area contributed by atoms with Gasteiger partial charge < -0.3 is 11.1 Å². The lowest BCUT2D eigenvalue weighted by Gasteiger charge is -2.34. The van der Waals surface area contributed by atoms with Gasteiger partial charge in [0, 0.05) is 17.1 Å². The van der Waals surface area contributed by atoms with Gasteiger partial charge in [-0.25, -0.2) is 0 Å². The molecule has 0 spiro atoms. The van der Waals surface area contributed by atoms with Crippen LogP contribution in [0.4, 0.5) is 5.69 Å². The summed E-state index contributed by atoms with van der Waals surface area (Å²) < 4.78 is 0. The molecule has 0 bridgehead atoms. The third kappa shape index (κ3) is 2.08. The third-order valence-electron chi connectivity index (χ3n) is 3.85. The average molecular weight is 301 g/mol. The summed E-state index contributed by atoms with van der Waals surface area (Å²) in [6, 6.07) is 14.0. The molecule has 0 aliphatic carbocycles. The summed E-state index contributed by atoms with van der Waals surface area (Å²) in [6.07, 6.45) is 0.202. The largest absolute Gasteiger partial charge is 0.368 e. The fraction of sp³-hybridized carbons (Fsp3) is 0.125. The molecule has 0 saturated carbocycles. The van der Waals surface area contributed by atoms with Crippen molar-refractivity contribution in [2.75, 3.05) is 5.32 Å². The number of amides is 2.